The zero-order chi connectivity index (χ0) is 18.6. The molecule has 4 rings (SSSR count). The van der Waals surface area contributed by atoms with Crippen molar-refractivity contribution in [1.29, 1.82) is 0 Å². The van der Waals surface area contributed by atoms with Crippen molar-refractivity contribution < 1.29 is 4.79 Å². The third-order valence-electron chi connectivity index (χ3n) is 4.74. The van der Waals surface area contributed by atoms with E-state index in [4.69, 9.17) is 11.6 Å². The normalized spacial score (nSPS) is 17.1. The lowest BCUT2D eigenvalue weighted by Gasteiger charge is -2.33. The van der Waals surface area contributed by atoms with Gasteiger partial charge in [-0.1, -0.05) is 17.7 Å². The van der Waals surface area contributed by atoms with Crippen LogP contribution in [0.25, 0.3) is 11.0 Å². The number of anilines is 2. The van der Waals surface area contributed by atoms with Crippen molar-refractivity contribution in [1.82, 2.24) is 19.9 Å². The maximum absolute atomic E-state index is 12.6. The number of rotatable bonds is 5. The summed E-state index contributed by atoms with van der Waals surface area (Å²) in [7, 11) is 0. The van der Waals surface area contributed by atoms with Gasteiger partial charge in [0.05, 0.1) is 11.9 Å². The van der Waals surface area contributed by atoms with Gasteiger partial charge in [-0.25, -0.2) is 9.97 Å². The second kappa shape index (κ2) is 7.84. The first-order chi connectivity index (χ1) is 13.2. The minimum atomic E-state index is 0.0796. The topological polar surface area (TPSA) is 85.9 Å². The molecular formula is C19H21ClN6O. The van der Waals surface area contributed by atoms with E-state index in [2.05, 4.69) is 25.6 Å². The van der Waals surface area contributed by atoms with Gasteiger partial charge in [0.25, 0.3) is 0 Å². The molecule has 3 N–H and O–H groups in total. The molecule has 0 saturated carbocycles. The number of aromatic nitrogens is 3. The van der Waals surface area contributed by atoms with Crippen LogP contribution in [0.1, 0.15) is 12.8 Å². The van der Waals surface area contributed by atoms with E-state index in [-0.39, 0.29) is 18.5 Å². The summed E-state index contributed by atoms with van der Waals surface area (Å²) in [5, 5.41) is 8.23. The van der Waals surface area contributed by atoms with E-state index in [1.165, 1.54) is 0 Å². The minimum absolute atomic E-state index is 0.0796. The molecule has 1 aliphatic heterocycles. The summed E-state index contributed by atoms with van der Waals surface area (Å²) in [6, 6.07) is 9.51. The number of aromatic amines is 1. The molecule has 1 unspecified atom stereocenters. The van der Waals surface area contributed by atoms with Crippen molar-refractivity contribution in [3.8, 4) is 0 Å². The van der Waals surface area contributed by atoms with Crippen molar-refractivity contribution in [3.63, 3.8) is 0 Å². The van der Waals surface area contributed by atoms with Gasteiger partial charge in [0.2, 0.25) is 5.91 Å². The van der Waals surface area contributed by atoms with Crippen LogP contribution in [-0.2, 0) is 4.79 Å². The summed E-state index contributed by atoms with van der Waals surface area (Å²) in [6.07, 6.45) is 5.36. The summed E-state index contributed by atoms with van der Waals surface area (Å²) in [5.41, 5.74) is 1.65. The first-order valence-corrected chi connectivity index (χ1v) is 9.39. The fourth-order valence-electron chi connectivity index (χ4n) is 3.39. The van der Waals surface area contributed by atoms with E-state index in [0.717, 1.165) is 41.9 Å². The standard InChI is InChI=1S/C19H21ClN6O/c20-13-3-1-4-14(9-13)22-10-17(27)26-8-2-5-15(11-26)25-19-16-6-7-21-18(16)23-12-24-19/h1,3-4,6-7,9,12,15,22H,2,5,8,10-11H2,(H2,21,23,24,25). The summed E-state index contributed by atoms with van der Waals surface area (Å²) >= 11 is 5.98. The Morgan fingerprint density at radius 3 is 3.15 bits per heavy atom. The Kier molecular flexibility index (Phi) is 5.11. The summed E-state index contributed by atoms with van der Waals surface area (Å²) in [4.78, 5) is 26.1. The molecule has 0 bridgehead atoms. The molecular weight excluding hydrogens is 364 g/mol. The van der Waals surface area contributed by atoms with E-state index in [1.54, 1.807) is 6.33 Å². The van der Waals surface area contributed by atoms with Crippen molar-refractivity contribution in [2.75, 3.05) is 30.3 Å². The molecule has 0 radical (unpaired) electrons. The minimum Gasteiger partial charge on any atom is -0.376 e. The number of benzene rings is 1. The molecule has 3 heterocycles. The Hall–Kier alpha value is -2.80. The zero-order valence-electron chi connectivity index (χ0n) is 14.8. The lowest BCUT2D eigenvalue weighted by molar-refractivity contribution is -0.130. The Bertz CT molecular complexity index is 943. The van der Waals surface area contributed by atoms with E-state index >= 15 is 0 Å². The highest BCUT2D eigenvalue weighted by molar-refractivity contribution is 6.30. The predicted molar refractivity (Wildman–Crippen MR) is 107 cm³/mol. The molecule has 1 aromatic carbocycles. The highest BCUT2D eigenvalue weighted by atomic mass is 35.5. The number of H-pyrrole nitrogens is 1. The zero-order valence-corrected chi connectivity index (χ0v) is 15.5. The molecule has 1 saturated heterocycles. The Balaban J connectivity index is 1.36. The summed E-state index contributed by atoms with van der Waals surface area (Å²) in [5.74, 6) is 0.883. The first kappa shape index (κ1) is 17.6. The van der Waals surface area contributed by atoms with Gasteiger partial charge in [-0.15, -0.1) is 0 Å². The summed E-state index contributed by atoms with van der Waals surface area (Å²) < 4.78 is 0. The molecule has 140 valence electrons. The van der Waals surface area contributed by atoms with Gasteiger partial charge in [-0.2, -0.15) is 0 Å². The number of hydrogen-bond acceptors (Lipinski definition) is 5. The van der Waals surface area contributed by atoms with E-state index in [0.29, 0.717) is 11.6 Å². The lowest BCUT2D eigenvalue weighted by atomic mass is 10.1. The van der Waals surface area contributed by atoms with Gasteiger partial charge in [0, 0.05) is 36.0 Å². The molecule has 0 spiro atoms. The molecule has 0 aliphatic carbocycles. The van der Waals surface area contributed by atoms with Crippen molar-refractivity contribution in [2.45, 2.75) is 18.9 Å². The van der Waals surface area contributed by atoms with E-state index < -0.39 is 0 Å². The van der Waals surface area contributed by atoms with E-state index in [1.807, 2.05) is 41.4 Å². The number of halogens is 1. The van der Waals surface area contributed by atoms with Gasteiger partial charge in [-0.3, -0.25) is 4.79 Å². The second-order valence-electron chi connectivity index (χ2n) is 6.65. The second-order valence-corrected chi connectivity index (χ2v) is 7.09. The van der Waals surface area contributed by atoms with Crippen LogP contribution in [-0.4, -0.2) is 51.4 Å². The third-order valence-corrected chi connectivity index (χ3v) is 4.97. The number of hydrogen-bond donors (Lipinski definition) is 3. The fraction of sp³-hybridized carbons (Fsp3) is 0.316. The molecule has 7 nitrogen and oxygen atoms in total. The van der Waals surface area contributed by atoms with Crippen molar-refractivity contribution in [2.24, 2.45) is 0 Å². The first-order valence-electron chi connectivity index (χ1n) is 9.01. The highest BCUT2D eigenvalue weighted by Crippen LogP contribution is 2.21. The molecule has 1 fully saturated rings. The molecule has 8 heteroatoms. The lowest BCUT2D eigenvalue weighted by Crippen LogP contribution is -2.47. The van der Waals surface area contributed by atoms with Crippen LogP contribution in [0.15, 0.2) is 42.9 Å². The van der Waals surface area contributed by atoms with Crippen LogP contribution in [0.3, 0.4) is 0 Å². The number of nitrogens with one attached hydrogen (secondary N) is 3. The molecule has 2 aromatic heterocycles. The van der Waals surface area contributed by atoms with Gasteiger partial charge in [0.1, 0.15) is 17.8 Å². The summed E-state index contributed by atoms with van der Waals surface area (Å²) in [6.45, 7) is 1.69. The Morgan fingerprint density at radius 2 is 2.26 bits per heavy atom. The Labute approximate surface area is 162 Å². The van der Waals surface area contributed by atoms with Crippen LogP contribution in [0, 0.1) is 0 Å². The molecule has 3 aromatic rings. The monoisotopic (exact) mass is 384 g/mol. The fourth-order valence-corrected chi connectivity index (χ4v) is 3.58. The molecule has 1 amide bonds. The van der Waals surface area contributed by atoms with Crippen LogP contribution in [0.4, 0.5) is 11.5 Å². The molecule has 1 atom stereocenters. The van der Waals surface area contributed by atoms with Crippen LogP contribution < -0.4 is 10.6 Å². The van der Waals surface area contributed by atoms with Gasteiger partial charge >= 0.3 is 0 Å². The largest absolute Gasteiger partial charge is 0.376 e. The highest BCUT2D eigenvalue weighted by Gasteiger charge is 2.24. The Morgan fingerprint density at radius 1 is 1.33 bits per heavy atom. The number of fused-ring (bicyclic) bond motifs is 1. The maximum atomic E-state index is 12.6. The number of carbonyl (C=O) groups is 1. The predicted octanol–water partition coefficient (Wildman–Crippen LogP) is 3.13. The van der Waals surface area contributed by atoms with Gasteiger partial charge in [-0.05, 0) is 37.1 Å². The molecule has 1 aliphatic rings. The number of piperidine rings is 1. The number of likely N-dealkylation sites (tertiary alicyclic amines) is 1. The van der Waals surface area contributed by atoms with Crippen LogP contribution in [0.5, 0.6) is 0 Å². The molecule has 27 heavy (non-hydrogen) atoms. The van der Waals surface area contributed by atoms with Crippen molar-refractivity contribution in [3.05, 3.63) is 47.9 Å². The number of carbonyl (C=O) groups excluding carboxylic acids is 1. The number of amides is 1. The number of nitrogens with zero attached hydrogens (tertiary/aromatic N) is 3. The third kappa shape index (κ3) is 4.14. The SMILES string of the molecule is O=C(CNc1cccc(Cl)c1)N1CCCC(Nc2ncnc3[nH]ccc23)C1. The average Bonchev–Trinajstić information content (AvgIpc) is 3.16. The van der Waals surface area contributed by atoms with Crippen LogP contribution in [0.2, 0.25) is 5.02 Å². The smallest absolute Gasteiger partial charge is 0.241 e. The van der Waals surface area contributed by atoms with Gasteiger partial charge in [0.15, 0.2) is 0 Å². The average molecular weight is 385 g/mol. The van der Waals surface area contributed by atoms with Gasteiger partial charge < -0.3 is 20.5 Å². The van der Waals surface area contributed by atoms with E-state index in [9.17, 15) is 4.79 Å². The van der Waals surface area contributed by atoms with Crippen LogP contribution >= 0.6 is 11.6 Å². The maximum Gasteiger partial charge on any atom is 0.241 e. The quantitative estimate of drug-likeness (QED) is 0.629. The van der Waals surface area contributed by atoms with Crippen molar-refractivity contribution >= 4 is 40.0 Å².